The zero-order chi connectivity index (χ0) is 11.4. The molecule has 3 nitrogen and oxygen atoms in total. The number of rotatable bonds is 10. The molecule has 0 rings (SSSR count). The van der Waals surface area contributed by atoms with Gasteiger partial charge in [-0.2, -0.15) is 0 Å². The molecule has 0 aliphatic heterocycles. The first-order valence-corrected chi connectivity index (χ1v) is 5.68. The van der Waals surface area contributed by atoms with Gasteiger partial charge in [0.1, 0.15) is 0 Å². The Morgan fingerprint density at radius 1 is 1.20 bits per heavy atom. The van der Waals surface area contributed by atoms with Crippen molar-refractivity contribution in [1.29, 1.82) is 0 Å². The third kappa shape index (κ3) is 11.1. The van der Waals surface area contributed by atoms with Crippen LogP contribution >= 0.6 is 0 Å². The minimum Gasteiger partial charge on any atom is -0.435 e. The average Bonchev–Trinajstić information content (AvgIpc) is 2.26. The quantitative estimate of drug-likeness (QED) is 0.243. The summed E-state index contributed by atoms with van der Waals surface area (Å²) < 4.78 is 9.78. The van der Waals surface area contributed by atoms with Gasteiger partial charge in [-0.05, 0) is 6.42 Å². The van der Waals surface area contributed by atoms with Crippen molar-refractivity contribution in [2.75, 3.05) is 13.4 Å². The summed E-state index contributed by atoms with van der Waals surface area (Å²) in [4.78, 5) is 10.6. The van der Waals surface area contributed by atoms with Gasteiger partial charge in [-0.25, -0.2) is 4.79 Å². The Labute approximate surface area is 92.5 Å². The molecule has 0 amide bonds. The Morgan fingerprint density at radius 3 is 2.53 bits per heavy atom. The Morgan fingerprint density at radius 2 is 1.87 bits per heavy atom. The fraction of sp³-hybridized carbons (Fsp3) is 0.750. The predicted molar refractivity (Wildman–Crippen MR) is 60.5 cm³/mol. The molecule has 15 heavy (non-hydrogen) atoms. The SMILES string of the molecule is C=CC(=O)OCOCCCCCCCC. The lowest BCUT2D eigenvalue weighted by Crippen LogP contribution is -2.06. The van der Waals surface area contributed by atoms with Gasteiger partial charge in [-0.3, -0.25) is 0 Å². The maximum absolute atomic E-state index is 10.6. The molecule has 0 aromatic heterocycles. The molecule has 0 aliphatic rings. The minimum atomic E-state index is -0.432. The van der Waals surface area contributed by atoms with Crippen molar-refractivity contribution in [2.24, 2.45) is 0 Å². The van der Waals surface area contributed by atoms with Crippen LogP contribution in [0, 0.1) is 0 Å². The second-order valence-electron chi connectivity index (χ2n) is 3.46. The second-order valence-corrected chi connectivity index (χ2v) is 3.46. The molecule has 0 aromatic carbocycles. The highest BCUT2D eigenvalue weighted by molar-refractivity contribution is 5.81. The number of carbonyl (C=O) groups is 1. The minimum absolute atomic E-state index is 0.0415. The normalized spacial score (nSPS) is 9.93. The standard InChI is InChI=1S/C12H22O3/c1-3-5-6-7-8-9-10-14-11-15-12(13)4-2/h4H,2-3,5-11H2,1H3. The zero-order valence-electron chi connectivity index (χ0n) is 9.67. The van der Waals surface area contributed by atoms with Crippen LogP contribution in [0.1, 0.15) is 45.4 Å². The lowest BCUT2D eigenvalue weighted by molar-refractivity contribution is -0.150. The maximum Gasteiger partial charge on any atom is 0.332 e. The first-order valence-electron chi connectivity index (χ1n) is 5.68. The summed E-state index contributed by atoms with van der Waals surface area (Å²) in [6, 6.07) is 0. The van der Waals surface area contributed by atoms with Crippen molar-refractivity contribution in [1.82, 2.24) is 0 Å². The summed E-state index contributed by atoms with van der Waals surface area (Å²) in [7, 11) is 0. The van der Waals surface area contributed by atoms with Crippen LogP contribution in [0.4, 0.5) is 0 Å². The van der Waals surface area contributed by atoms with E-state index in [2.05, 4.69) is 18.2 Å². The molecule has 0 heterocycles. The van der Waals surface area contributed by atoms with Gasteiger partial charge in [0.05, 0.1) is 6.61 Å². The van der Waals surface area contributed by atoms with Crippen LogP contribution in [0.15, 0.2) is 12.7 Å². The van der Waals surface area contributed by atoms with E-state index in [0.29, 0.717) is 6.61 Å². The van der Waals surface area contributed by atoms with E-state index in [4.69, 9.17) is 4.74 Å². The fourth-order valence-corrected chi connectivity index (χ4v) is 1.20. The van der Waals surface area contributed by atoms with Crippen molar-refractivity contribution in [3.05, 3.63) is 12.7 Å². The monoisotopic (exact) mass is 214 g/mol. The van der Waals surface area contributed by atoms with E-state index in [1.165, 1.54) is 32.1 Å². The van der Waals surface area contributed by atoms with Crippen LogP contribution < -0.4 is 0 Å². The first-order chi connectivity index (χ1) is 7.31. The van der Waals surface area contributed by atoms with Gasteiger partial charge >= 0.3 is 5.97 Å². The van der Waals surface area contributed by atoms with E-state index >= 15 is 0 Å². The van der Waals surface area contributed by atoms with Crippen LogP contribution in [-0.2, 0) is 14.3 Å². The summed E-state index contributed by atoms with van der Waals surface area (Å²) >= 11 is 0. The van der Waals surface area contributed by atoms with Crippen LogP contribution in [0.5, 0.6) is 0 Å². The average molecular weight is 214 g/mol. The Kier molecular flexibility index (Phi) is 10.6. The number of hydrogen-bond donors (Lipinski definition) is 0. The topological polar surface area (TPSA) is 35.5 Å². The molecular formula is C12H22O3. The number of carbonyl (C=O) groups excluding carboxylic acids is 1. The lowest BCUT2D eigenvalue weighted by Gasteiger charge is -2.04. The largest absolute Gasteiger partial charge is 0.435 e. The Hall–Kier alpha value is -0.830. The van der Waals surface area contributed by atoms with Crippen LogP contribution in [0.2, 0.25) is 0 Å². The third-order valence-electron chi connectivity index (χ3n) is 2.09. The van der Waals surface area contributed by atoms with E-state index in [-0.39, 0.29) is 6.79 Å². The first kappa shape index (κ1) is 14.2. The van der Waals surface area contributed by atoms with E-state index in [9.17, 15) is 4.79 Å². The highest BCUT2D eigenvalue weighted by Crippen LogP contribution is 2.04. The highest BCUT2D eigenvalue weighted by atomic mass is 16.7. The number of ether oxygens (including phenoxy) is 2. The van der Waals surface area contributed by atoms with Gasteiger partial charge < -0.3 is 9.47 Å². The molecule has 0 saturated heterocycles. The second kappa shape index (κ2) is 11.2. The summed E-state index contributed by atoms with van der Waals surface area (Å²) in [5.74, 6) is -0.432. The zero-order valence-corrected chi connectivity index (χ0v) is 9.67. The van der Waals surface area contributed by atoms with Crippen molar-refractivity contribution in [3.8, 4) is 0 Å². The molecule has 0 fully saturated rings. The molecule has 0 bridgehead atoms. The molecule has 0 spiro atoms. The van der Waals surface area contributed by atoms with Gasteiger partial charge in [0.15, 0.2) is 6.79 Å². The molecule has 0 aromatic rings. The Bertz CT molecular complexity index is 166. The van der Waals surface area contributed by atoms with Gasteiger partial charge in [-0.15, -0.1) is 0 Å². The summed E-state index contributed by atoms with van der Waals surface area (Å²) in [6.45, 7) is 6.20. The predicted octanol–water partition coefficient (Wildman–Crippen LogP) is 3.05. The molecular weight excluding hydrogens is 192 g/mol. The van der Waals surface area contributed by atoms with Crippen LogP contribution in [-0.4, -0.2) is 19.4 Å². The van der Waals surface area contributed by atoms with Gasteiger partial charge in [0.2, 0.25) is 0 Å². The van der Waals surface area contributed by atoms with Gasteiger partial charge in [0, 0.05) is 6.08 Å². The summed E-state index contributed by atoms with van der Waals surface area (Å²) in [5, 5.41) is 0. The van der Waals surface area contributed by atoms with E-state index in [1.807, 2.05) is 0 Å². The molecule has 88 valence electrons. The maximum atomic E-state index is 10.6. The molecule has 0 radical (unpaired) electrons. The number of esters is 1. The summed E-state index contributed by atoms with van der Waals surface area (Å²) in [6.07, 6.45) is 8.52. The van der Waals surface area contributed by atoms with Crippen molar-refractivity contribution in [3.63, 3.8) is 0 Å². The number of unbranched alkanes of at least 4 members (excludes halogenated alkanes) is 5. The molecule has 0 atom stereocenters. The summed E-state index contributed by atoms with van der Waals surface area (Å²) in [5.41, 5.74) is 0. The third-order valence-corrected chi connectivity index (χ3v) is 2.09. The van der Waals surface area contributed by atoms with Crippen molar-refractivity contribution >= 4 is 5.97 Å². The van der Waals surface area contributed by atoms with E-state index in [1.54, 1.807) is 0 Å². The molecule has 0 unspecified atom stereocenters. The molecule has 0 saturated carbocycles. The van der Waals surface area contributed by atoms with Crippen LogP contribution in [0.3, 0.4) is 0 Å². The van der Waals surface area contributed by atoms with Gasteiger partial charge in [0.25, 0.3) is 0 Å². The fourth-order valence-electron chi connectivity index (χ4n) is 1.20. The highest BCUT2D eigenvalue weighted by Gasteiger charge is 1.94. The van der Waals surface area contributed by atoms with Crippen molar-refractivity contribution < 1.29 is 14.3 Å². The smallest absolute Gasteiger partial charge is 0.332 e. The molecule has 0 aliphatic carbocycles. The van der Waals surface area contributed by atoms with Crippen molar-refractivity contribution in [2.45, 2.75) is 45.4 Å². The van der Waals surface area contributed by atoms with Gasteiger partial charge in [-0.1, -0.05) is 45.6 Å². The van der Waals surface area contributed by atoms with Crippen LogP contribution in [0.25, 0.3) is 0 Å². The molecule has 3 heteroatoms. The van der Waals surface area contributed by atoms with E-state index in [0.717, 1.165) is 12.5 Å². The lowest BCUT2D eigenvalue weighted by atomic mass is 10.1. The van der Waals surface area contributed by atoms with E-state index < -0.39 is 5.97 Å². The molecule has 0 N–H and O–H groups in total. The number of hydrogen-bond acceptors (Lipinski definition) is 3. The Balaban J connectivity index is 2.98.